The number of hydrogen-bond donors (Lipinski definition) is 2. The van der Waals surface area contributed by atoms with Crippen LogP contribution in [0.3, 0.4) is 0 Å². The smallest absolute Gasteiger partial charge is 0.262 e. The molecule has 10 heteroatoms. The molecule has 2 aliphatic rings. The number of anilines is 1. The van der Waals surface area contributed by atoms with Crippen molar-refractivity contribution < 1.29 is 22.7 Å². The topological polar surface area (TPSA) is 102 Å². The van der Waals surface area contributed by atoms with Crippen molar-refractivity contribution in [2.24, 2.45) is 11.3 Å². The molecule has 1 aromatic carbocycles. The third-order valence-electron chi connectivity index (χ3n) is 7.03. The highest BCUT2D eigenvalue weighted by Crippen LogP contribution is 2.44. The molecular weight excluding hydrogens is 520 g/mol. The summed E-state index contributed by atoms with van der Waals surface area (Å²) >= 11 is 7.43. The predicted molar refractivity (Wildman–Crippen MR) is 144 cm³/mol. The van der Waals surface area contributed by atoms with E-state index < -0.39 is 15.9 Å². The van der Waals surface area contributed by atoms with Gasteiger partial charge in [-0.25, -0.2) is 8.42 Å². The van der Waals surface area contributed by atoms with E-state index >= 15 is 0 Å². The molecule has 1 aliphatic carbocycles. The number of sulfone groups is 1. The Kier molecular flexibility index (Phi) is 7.74. The summed E-state index contributed by atoms with van der Waals surface area (Å²) in [6.45, 7) is 8.32. The van der Waals surface area contributed by atoms with Gasteiger partial charge in [0.2, 0.25) is 0 Å². The van der Waals surface area contributed by atoms with Crippen LogP contribution in [0.25, 0.3) is 0 Å². The molecule has 2 aromatic rings. The third-order valence-corrected chi connectivity index (χ3v) is 10.2. The van der Waals surface area contributed by atoms with Gasteiger partial charge in [0.15, 0.2) is 16.4 Å². The van der Waals surface area contributed by atoms with Crippen molar-refractivity contribution in [3.05, 3.63) is 44.8 Å². The number of amides is 2. The molecule has 7 nitrogen and oxygen atoms in total. The van der Waals surface area contributed by atoms with E-state index in [2.05, 4.69) is 31.4 Å². The van der Waals surface area contributed by atoms with Crippen molar-refractivity contribution in [1.82, 2.24) is 5.32 Å². The SMILES string of the molecule is Cc1cc(Cl)ccc1OCC(=O)Nc1sc2c(c1C(=O)NC1CCS(=O)(=O)C1)CCC(C(C)(C)C)C2. The first kappa shape index (κ1) is 26.9. The molecule has 0 radical (unpaired) electrons. The summed E-state index contributed by atoms with van der Waals surface area (Å²) in [6, 6.07) is 4.77. The van der Waals surface area contributed by atoms with E-state index in [1.807, 2.05) is 6.92 Å². The van der Waals surface area contributed by atoms with Gasteiger partial charge >= 0.3 is 0 Å². The lowest BCUT2D eigenvalue weighted by atomic mass is 9.72. The Balaban J connectivity index is 1.54. The largest absolute Gasteiger partial charge is 0.483 e. The molecule has 2 N–H and O–H groups in total. The number of nitrogens with one attached hydrogen (secondary N) is 2. The van der Waals surface area contributed by atoms with Crippen molar-refractivity contribution in [3.63, 3.8) is 0 Å². The zero-order valence-corrected chi connectivity index (χ0v) is 23.5. The molecular formula is C26H33ClN2O5S2. The van der Waals surface area contributed by atoms with Gasteiger partial charge < -0.3 is 15.4 Å². The van der Waals surface area contributed by atoms with E-state index in [1.54, 1.807) is 18.2 Å². The van der Waals surface area contributed by atoms with Crippen LogP contribution in [0.1, 0.15) is 60.0 Å². The number of carbonyl (C=O) groups is 2. The molecule has 2 amide bonds. The van der Waals surface area contributed by atoms with Crippen molar-refractivity contribution in [2.45, 2.75) is 59.4 Å². The Morgan fingerprint density at radius 2 is 1.97 bits per heavy atom. The minimum absolute atomic E-state index is 0.0485. The summed E-state index contributed by atoms with van der Waals surface area (Å²) in [4.78, 5) is 27.3. The molecule has 4 rings (SSSR count). The number of halogens is 1. The summed E-state index contributed by atoms with van der Waals surface area (Å²) < 4.78 is 29.5. The van der Waals surface area contributed by atoms with Crippen LogP contribution in [0, 0.1) is 18.3 Å². The zero-order valence-electron chi connectivity index (χ0n) is 21.1. The Morgan fingerprint density at radius 1 is 1.22 bits per heavy atom. The van der Waals surface area contributed by atoms with Gasteiger partial charge in [-0.2, -0.15) is 0 Å². The fourth-order valence-corrected chi connectivity index (χ4v) is 8.14. The molecule has 2 unspecified atom stereocenters. The lowest BCUT2D eigenvalue weighted by molar-refractivity contribution is -0.118. The predicted octanol–water partition coefficient (Wildman–Crippen LogP) is 4.80. The maximum Gasteiger partial charge on any atom is 0.262 e. The quantitative estimate of drug-likeness (QED) is 0.536. The number of benzene rings is 1. The Morgan fingerprint density at radius 3 is 2.61 bits per heavy atom. The molecule has 1 saturated heterocycles. The van der Waals surface area contributed by atoms with Crippen LogP contribution in [0.4, 0.5) is 5.00 Å². The molecule has 0 spiro atoms. The number of fused-ring (bicyclic) bond motifs is 1. The van der Waals surface area contributed by atoms with Crippen LogP contribution < -0.4 is 15.4 Å². The summed E-state index contributed by atoms with van der Waals surface area (Å²) in [5.41, 5.74) is 2.38. The van der Waals surface area contributed by atoms with E-state index in [0.29, 0.717) is 33.7 Å². The lowest BCUT2D eigenvalue weighted by Crippen LogP contribution is -2.36. The van der Waals surface area contributed by atoms with Crippen LogP contribution >= 0.6 is 22.9 Å². The molecule has 2 heterocycles. The van der Waals surface area contributed by atoms with Crippen molar-refractivity contribution in [3.8, 4) is 5.75 Å². The number of ether oxygens (including phenoxy) is 1. The number of rotatable bonds is 6. The maximum atomic E-state index is 13.4. The van der Waals surface area contributed by atoms with E-state index in [-0.39, 0.29) is 35.3 Å². The van der Waals surface area contributed by atoms with Gasteiger partial charge in [0.05, 0.1) is 17.1 Å². The zero-order chi connectivity index (χ0) is 26.3. The van der Waals surface area contributed by atoms with Crippen LogP contribution in [-0.4, -0.2) is 44.4 Å². The fraction of sp³-hybridized carbons (Fsp3) is 0.538. The summed E-state index contributed by atoms with van der Waals surface area (Å²) in [5, 5.41) is 6.89. The van der Waals surface area contributed by atoms with Crippen LogP contribution in [0.2, 0.25) is 5.02 Å². The second-order valence-electron chi connectivity index (χ2n) is 10.8. The molecule has 1 aliphatic heterocycles. The van der Waals surface area contributed by atoms with Crippen LogP contribution in [-0.2, 0) is 27.5 Å². The van der Waals surface area contributed by atoms with E-state index in [1.165, 1.54) is 11.3 Å². The van der Waals surface area contributed by atoms with Crippen molar-refractivity contribution in [1.29, 1.82) is 0 Å². The van der Waals surface area contributed by atoms with Crippen molar-refractivity contribution >= 4 is 49.6 Å². The van der Waals surface area contributed by atoms with Crippen LogP contribution in [0.15, 0.2) is 18.2 Å². The minimum Gasteiger partial charge on any atom is -0.483 e. The lowest BCUT2D eigenvalue weighted by Gasteiger charge is -2.33. The second kappa shape index (κ2) is 10.3. The Bertz CT molecular complexity index is 1280. The van der Waals surface area contributed by atoms with E-state index in [0.717, 1.165) is 35.3 Å². The Hall–Kier alpha value is -2.10. The molecule has 2 atom stereocenters. The average molecular weight is 553 g/mol. The molecule has 196 valence electrons. The molecule has 1 aromatic heterocycles. The monoisotopic (exact) mass is 552 g/mol. The second-order valence-corrected chi connectivity index (χ2v) is 14.6. The highest BCUT2D eigenvalue weighted by atomic mass is 35.5. The normalized spacial score (nSPS) is 21.0. The van der Waals surface area contributed by atoms with E-state index in [4.69, 9.17) is 16.3 Å². The van der Waals surface area contributed by atoms with Gasteiger partial charge in [-0.1, -0.05) is 32.4 Å². The highest BCUT2D eigenvalue weighted by Gasteiger charge is 2.36. The number of carbonyl (C=O) groups excluding carboxylic acids is 2. The fourth-order valence-electron chi connectivity index (χ4n) is 4.90. The molecule has 0 bridgehead atoms. The minimum atomic E-state index is -3.13. The Labute approximate surface area is 221 Å². The first-order valence-corrected chi connectivity index (χ1v) is 15.2. The summed E-state index contributed by atoms with van der Waals surface area (Å²) in [7, 11) is -3.13. The highest BCUT2D eigenvalue weighted by molar-refractivity contribution is 7.91. The van der Waals surface area contributed by atoms with Gasteiger partial charge in [-0.15, -0.1) is 11.3 Å². The molecule has 0 saturated carbocycles. The van der Waals surface area contributed by atoms with Crippen LogP contribution in [0.5, 0.6) is 5.75 Å². The average Bonchev–Trinajstić information content (AvgIpc) is 3.30. The first-order chi connectivity index (χ1) is 16.8. The summed E-state index contributed by atoms with van der Waals surface area (Å²) in [6.07, 6.45) is 2.95. The standard InChI is InChI=1S/C26H33ClN2O5S2/c1-15-11-17(27)6-8-20(15)34-13-22(30)29-25-23(24(31)28-18-9-10-36(32,33)14-18)19-7-5-16(26(2,3)4)12-21(19)35-25/h6,8,11,16,18H,5,7,9-10,12-14H2,1-4H3,(H,28,31)(H,29,30). The van der Waals surface area contributed by atoms with Gasteiger partial charge in [0, 0.05) is 15.9 Å². The van der Waals surface area contributed by atoms with Gasteiger partial charge in [-0.05, 0) is 73.3 Å². The number of hydrogen-bond acceptors (Lipinski definition) is 6. The van der Waals surface area contributed by atoms with Gasteiger partial charge in [-0.3, -0.25) is 9.59 Å². The number of aryl methyl sites for hydroxylation is 1. The maximum absolute atomic E-state index is 13.4. The first-order valence-electron chi connectivity index (χ1n) is 12.2. The third kappa shape index (κ3) is 6.23. The van der Waals surface area contributed by atoms with E-state index in [9.17, 15) is 18.0 Å². The number of thiophene rings is 1. The molecule has 1 fully saturated rings. The molecule has 36 heavy (non-hydrogen) atoms. The summed E-state index contributed by atoms with van der Waals surface area (Å²) in [5.74, 6) is 0.375. The van der Waals surface area contributed by atoms with Gasteiger partial charge in [0.25, 0.3) is 11.8 Å². The van der Waals surface area contributed by atoms with Crippen molar-refractivity contribution in [2.75, 3.05) is 23.4 Å². The van der Waals surface area contributed by atoms with Gasteiger partial charge in [0.1, 0.15) is 10.8 Å².